The van der Waals surface area contributed by atoms with Crippen molar-refractivity contribution in [3.8, 4) is 6.01 Å². The van der Waals surface area contributed by atoms with E-state index >= 15 is 0 Å². The number of hydrogen-bond acceptors (Lipinski definition) is 9. The third-order valence-corrected chi connectivity index (χ3v) is 5.81. The van der Waals surface area contributed by atoms with Crippen LogP contribution in [0.2, 0.25) is 0 Å². The average Bonchev–Trinajstić information content (AvgIpc) is 3.32. The molecule has 0 spiro atoms. The Morgan fingerprint density at radius 2 is 1.92 bits per heavy atom. The number of para-hydroxylation sites is 1. The fraction of sp³-hybridized carbons (Fsp3) is 0.556. The van der Waals surface area contributed by atoms with Crippen molar-refractivity contribution in [2.75, 3.05) is 30.0 Å². The molecule has 0 amide bonds. The molecular formula is C27H41N7O3. The van der Waals surface area contributed by atoms with Crippen LogP contribution in [0.1, 0.15) is 72.3 Å². The number of H-pyrrole nitrogens is 1. The molecule has 10 nitrogen and oxygen atoms in total. The van der Waals surface area contributed by atoms with E-state index in [0.717, 1.165) is 48.8 Å². The molecule has 37 heavy (non-hydrogen) atoms. The van der Waals surface area contributed by atoms with Gasteiger partial charge in [0.2, 0.25) is 5.95 Å². The summed E-state index contributed by atoms with van der Waals surface area (Å²) in [5.41, 5.74) is 4.95. The van der Waals surface area contributed by atoms with Gasteiger partial charge in [0.05, 0.1) is 18.9 Å². The Kier molecular flexibility index (Phi) is 10.6. The first kappa shape index (κ1) is 28.3. The zero-order valence-electron chi connectivity index (χ0n) is 22.7. The van der Waals surface area contributed by atoms with Gasteiger partial charge < -0.3 is 24.5 Å². The number of nitrogens with one attached hydrogen (secondary N) is 2. The molecule has 1 aromatic carbocycles. The molecule has 1 saturated heterocycles. The molecule has 4 rings (SSSR count). The summed E-state index contributed by atoms with van der Waals surface area (Å²) in [4.78, 5) is 18.9. The zero-order valence-corrected chi connectivity index (χ0v) is 22.7. The van der Waals surface area contributed by atoms with Gasteiger partial charge in [-0.25, -0.2) is 5.43 Å². The van der Waals surface area contributed by atoms with E-state index in [9.17, 15) is 5.11 Å². The summed E-state index contributed by atoms with van der Waals surface area (Å²) >= 11 is 0. The fourth-order valence-electron chi connectivity index (χ4n) is 4.09. The highest BCUT2D eigenvalue weighted by molar-refractivity contribution is 5.99. The highest BCUT2D eigenvalue weighted by Gasteiger charge is 2.20. The average molecular weight is 512 g/mol. The third-order valence-electron chi connectivity index (χ3n) is 5.81. The van der Waals surface area contributed by atoms with Crippen LogP contribution in [-0.4, -0.2) is 62.8 Å². The van der Waals surface area contributed by atoms with Crippen molar-refractivity contribution in [1.82, 2.24) is 19.9 Å². The van der Waals surface area contributed by atoms with E-state index in [1.165, 1.54) is 6.42 Å². The van der Waals surface area contributed by atoms with Crippen LogP contribution in [0.15, 0.2) is 35.6 Å². The summed E-state index contributed by atoms with van der Waals surface area (Å²) in [6.45, 7) is 11.4. The molecule has 2 aromatic heterocycles. The minimum atomic E-state index is -1.19. The number of aromatic nitrogens is 4. The normalized spacial score (nSPS) is 14.9. The Balaban J connectivity index is 0.00000186. The molecule has 1 fully saturated rings. The number of fused-ring (bicyclic) bond motifs is 1. The SMILES string of the molecule is CC.CCC(CCOc1nc(N/N=C/c2c[nH]c3ccccc23)nc(N2CCCCC2)n1)OC(C)(C)O. The molecular weight excluding hydrogens is 470 g/mol. The first-order chi connectivity index (χ1) is 17.9. The minimum Gasteiger partial charge on any atom is -0.463 e. The topological polar surface area (TPSA) is 121 Å². The number of aliphatic hydroxyl groups is 1. The van der Waals surface area contributed by atoms with E-state index in [1.54, 1.807) is 20.1 Å². The predicted octanol–water partition coefficient (Wildman–Crippen LogP) is 5.11. The van der Waals surface area contributed by atoms with Gasteiger partial charge in [-0.1, -0.05) is 39.0 Å². The van der Waals surface area contributed by atoms with E-state index in [1.807, 2.05) is 51.2 Å². The lowest BCUT2D eigenvalue weighted by molar-refractivity contribution is -0.208. The summed E-state index contributed by atoms with van der Waals surface area (Å²) in [5.74, 6) is -0.277. The van der Waals surface area contributed by atoms with E-state index < -0.39 is 5.79 Å². The molecule has 1 unspecified atom stereocenters. The Morgan fingerprint density at radius 1 is 1.16 bits per heavy atom. The van der Waals surface area contributed by atoms with Crippen molar-refractivity contribution in [2.45, 2.75) is 78.6 Å². The molecule has 1 atom stereocenters. The molecule has 0 saturated carbocycles. The lowest BCUT2D eigenvalue weighted by Crippen LogP contribution is -2.31. The number of anilines is 2. The van der Waals surface area contributed by atoms with Crippen LogP contribution in [-0.2, 0) is 4.74 Å². The van der Waals surface area contributed by atoms with Gasteiger partial charge in [-0.2, -0.15) is 20.1 Å². The van der Waals surface area contributed by atoms with E-state index in [2.05, 4.69) is 35.4 Å². The lowest BCUT2D eigenvalue weighted by Gasteiger charge is -2.27. The Hall–Kier alpha value is -3.24. The maximum absolute atomic E-state index is 9.94. The van der Waals surface area contributed by atoms with Crippen molar-refractivity contribution in [3.63, 3.8) is 0 Å². The Morgan fingerprint density at radius 3 is 2.65 bits per heavy atom. The highest BCUT2D eigenvalue weighted by Crippen LogP contribution is 2.21. The molecule has 3 aromatic rings. The molecule has 0 bridgehead atoms. The summed E-state index contributed by atoms with van der Waals surface area (Å²) < 4.78 is 11.6. The Labute approximate surface area is 219 Å². The van der Waals surface area contributed by atoms with Crippen LogP contribution >= 0.6 is 0 Å². The number of aromatic amines is 1. The third kappa shape index (κ3) is 8.68. The standard InChI is InChI=1S/C25H35N7O3.C2H6/c1-4-19(35-25(2,3)33)12-15-34-24-29-22(28-23(30-24)32-13-8-5-9-14-32)31-27-17-18-16-26-21-11-7-6-10-20(18)21;1-2/h6-7,10-11,16-17,19,26,33H,4-5,8-9,12-15H2,1-3H3,(H,28,29,30,31);1-2H3/b27-17+;. The van der Waals surface area contributed by atoms with Gasteiger partial charge >= 0.3 is 6.01 Å². The van der Waals surface area contributed by atoms with Crippen molar-refractivity contribution < 1.29 is 14.6 Å². The molecule has 0 radical (unpaired) electrons. The van der Waals surface area contributed by atoms with Crippen LogP contribution in [0, 0.1) is 0 Å². The van der Waals surface area contributed by atoms with Crippen molar-refractivity contribution in [2.24, 2.45) is 5.10 Å². The van der Waals surface area contributed by atoms with Crippen molar-refractivity contribution in [1.29, 1.82) is 0 Å². The molecule has 202 valence electrons. The monoisotopic (exact) mass is 511 g/mol. The summed E-state index contributed by atoms with van der Waals surface area (Å²) in [7, 11) is 0. The van der Waals surface area contributed by atoms with Gasteiger partial charge in [-0.15, -0.1) is 0 Å². The first-order valence-electron chi connectivity index (χ1n) is 13.3. The Bertz CT molecular complexity index is 1120. The zero-order chi connectivity index (χ0) is 26.7. The number of hydrazone groups is 1. The largest absolute Gasteiger partial charge is 0.463 e. The molecule has 3 heterocycles. The first-order valence-corrected chi connectivity index (χ1v) is 13.3. The molecule has 1 aliphatic rings. The van der Waals surface area contributed by atoms with E-state index in [-0.39, 0.29) is 12.1 Å². The lowest BCUT2D eigenvalue weighted by atomic mass is 10.1. The summed E-state index contributed by atoms with van der Waals surface area (Å²) in [5, 5.41) is 15.4. The molecule has 1 aliphatic heterocycles. The van der Waals surface area contributed by atoms with Gasteiger partial charge in [-0.05, 0) is 45.6 Å². The van der Waals surface area contributed by atoms with E-state index in [4.69, 9.17) is 9.47 Å². The van der Waals surface area contributed by atoms with Crippen LogP contribution < -0.4 is 15.1 Å². The second kappa shape index (κ2) is 13.9. The molecule has 10 heteroatoms. The molecule has 3 N–H and O–H groups in total. The minimum absolute atomic E-state index is 0.128. The predicted molar refractivity (Wildman–Crippen MR) is 148 cm³/mol. The number of rotatable bonds is 11. The van der Waals surface area contributed by atoms with Gasteiger partial charge in [0.25, 0.3) is 5.95 Å². The maximum atomic E-state index is 9.94. The fourth-order valence-corrected chi connectivity index (χ4v) is 4.09. The van der Waals surface area contributed by atoms with Crippen LogP contribution in [0.3, 0.4) is 0 Å². The summed E-state index contributed by atoms with van der Waals surface area (Å²) in [6, 6.07) is 8.30. The van der Waals surface area contributed by atoms with Gasteiger partial charge in [0, 0.05) is 42.2 Å². The van der Waals surface area contributed by atoms with Crippen LogP contribution in [0.5, 0.6) is 6.01 Å². The molecule has 0 aliphatic carbocycles. The summed E-state index contributed by atoms with van der Waals surface area (Å²) in [6.07, 6.45) is 8.32. The van der Waals surface area contributed by atoms with E-state index in [0.29, 0.717) is 24.9 Å². The number of nitrogens with zero attached hydrogens (tertiary/aromatic N) is 5. The van der Waals surface area contributed by atoms with Crippen molar-refractivity contribution >= 4 is 29.0 Å². The van der Waals surface area contributed by atoms with Crippen molar-refractivity contribution in [3.05, 3.63) is 36.0 Å². The van der Waals surface area contributed by atoms with Gasteiger partial charge in [0.1, 0.15) is 0 Å². The quantitative estimate of drug-likeness (QED) is 0.185. The smallest absolute Gasteiger partial charge is 0.323 e. The maximum Gasteiger partial charge on any atom is 0.323 e. The van der Waals surface area contributed by atoms with Gasteiger partial charge in [-0.3, -0.25) is 0 Å². The number of ether oxygens (including phenoxy) is 2. The van der Waals surface area contributed by atoms with Crippen LogP contribution in [0.4, 0.5) is 11.9 Å². The van der Waals surface area contributed by atoms with Gasteiger partial charge in [0.15, 0.2) is 5.79 Å². The highest BCUT2D eigenvalue weighted by atomic mass is 16.6. The number of piperidine rings is 1. The number of benzene rings is 1. The van der Waals surface area contributed by atoms with Crippen LogP contribution in [0.25, 0.3) is 10.9 Å². The second-order valence-corrected chi connectivity index (χ2v) is 9.18. The number of hydrogen-bond donors (Lipinski definition) is 3. The second-order valence-electron chi connectivity index (χ2n) is 9.18.